The molecular weight excluding hydrogens is 384 g/mol. The second kappa shape index (κ2) is 9.53. The summed E-state index contributed by atoms with van der Waals surface area (Å²) >= 11 is 0. The van der Waals surface area contributed by atoms with Crippen molar-refractivity contribution in [2.45, 2.75) is 25.9 Å². The number of hydrogen-bond acceptors (Lipinski definition) is 7. The monoisotopic (exact) mass is 410 g/mol. The van der Waals surface area contributed by atoms with Crippen molar-refractivity contribution in [3.63, 3.8) is 0 Å². The number of aromatic nitrogens is 4. The number of amides is 1. The number of benzene rings is 1. The summed E-state index contributed by atoms with van der Waals surface area (Å²) in [5.74, 6) is 1.05. The van der Waals surface area contributed by atoms with Crippen LogP contribution in [0.1, 0.15) is 35.5 Å². The molecule has 158 valence electrons. The fraction of sp³-hybridized carbons (Fsp3) is 0.429. The molecule has 0 spiro atoms. The van der Waals surface area contributed by atoms with E-state index in [1.165, 1.54) is 25.6 Å². The molecule has 0 bridgehead atoms. The fourth-order valence-corrected chi connectivity index (χ4v) is 3.44. The zero-order valence-corrected chi connectivity index (χ0v) is 17.1. The number of piperidine rings is 1. The van der Waals surface area contributed by atoms with Gasteiger partial charge in [0.05, 0.1) is 5.69 Å². The lowest BCUT2D eigenvalue weighted by molar-refractivity contribution is 0.0762. The molecule has 1 aliphatic heterocycles. The lowest BCUT2D eigenvalue weighted by Gasteiger charge is -2.28. The topological polar surface area (TPSA) is 89.5 Å². The van der Waals surface area contributed by atoms with Gasteiger partial charge in [0.1, 0.15) is 25.0 Å². The Morgan fingerprint density at radius 3 is 2.73 bits per heavy atom. The molecule has 9 nitrogen and oxygen atoms in total. The third-order valence-corrected chi connectivity index (χ3v) is 5.23. The van der Waals surface area contributed by atoms with Gasteiger partial charge in [-0.05, 0) is 50.2 Å². The second-order valence-electron chi connectivity index (χ2n) is 7.43. The summed E-state index contributed by atoms with van der Waals surface area (Å²) < 4.78 is 12.7. The summed E-state index contributed by atoms with van der Waals surface area (Å²) in [6.45, 7) is 4.00. The van der Waals surface area contributed by atoms with E-state index in [2.05, 4.69) is 20.1 Å². The summed E-state index contributed by atoms with van der Waals surface area (Å²) in [6.07, 6.45) is 6.91. The zero-order valence-electron chi connectivity index (χ0n) is 17.1. The molecule has 1 fully saturated rings. The van der Waals surface area contributed by atoms with Crippen LogP contribution in [-0.4, -0.2) is 68.9 Å². The highest BCUT2D eigenvalue weighted by atomic mass is 16.5. The zero-order chi connectivity index (χ0) is 20.8. The molecule has 30 heavy (non-hydrogen) atoms. The molecule has 0 saturated carbocycles. The maximum absolute atomic E-state index is 12.6. The first-order chi connectivity index (χ1) is 14.7. The maximum atomic E-state index is 12.6. The van der Waals surface area contributed by atoms with Gasteiger partial charge < -0.3 is 19.1 Å². The second-order valence-corrected chi connectivity index (χ2v) is 7.43. The van der Waals surface area contributed by atoms with E-state index in [4.69, 9.17) is 9.26 Å². The largest absolute Gasteiger partial charge is 0.486 e. The van der Waals surface area contributed by atoms with Crippen molar-refractivity contribution in [3.05, 3.63) is 54.4 Å². The van der Waals surface area contributed by atoms with E-state index in [0.29, 0.717) is 23.7 Å². The molecule has 9 heteroatoms. The van der Waals surface area contributed by atoms with E-state index in [9.17, 15) is 4.79 Å². The van der Waals surface area contributed by atoms with Crippen molar-refractivity contribution in [2.75, 3.05) is 33.2 Å². The fourth-order valence-electron chi connectivity index (χ4n) is 3.44. The minimum atomic E-state index is -0.140. The van der Waals surface area contributed by atoms with Gasteiger partial charge in [0, 0.05) is 26.2 Å². The van der Waals surface area contributed by atoms with E-state index in [-0.39, 0.29) is 12.5 Å². The van der Waals surface area contributed by atoms with Gasteiger partial charge in [-0.2, -0.15) is 5.10 Å². The average Bonchev–Trinajstić information content (AvgIpc) is 3.49. The number of ether oxygens (including phenoxy) is 1. The van der Waals surface area contributed by atoms with Crippen molar-refractivity contribution in [2.24, 2.45) is 0 Å². The first kappa shape index (κ1) is 20.1. The van der Waals surface area contributed by atoms with Crippen molar-refractivity contribution >= 4 is 5.91 Å². The van der Waals surface area contributed by atoms with Gasteiger partial charge in [-0.3, -0.25) is 4.79 Å². The highest BCUT2D eigenvalue weighted by Crippen LogP contribution is 2.17. The Labute approximate surface area is 175 Å². The summed E-state index contributed by atoms with van der Waals surface area (Å²) in [6, 6.07) is 9.10. The molecule has 0 radical (unpaired) electrons. The van der Waals surface area contributed by atoms with Crippen LogP contribution in [0.4, 0.5) is 0 Å². The Morgan fingerprint density at radius 1 is 1.20 bits per heavy atom. The molecule has 1 aromatic carbocycles. The molecule has 0 unspecified atom stereocenters. The molecule has 4 rings (SSSR count). The third kappa shape index (κ3) is 5.04. The number of likely N-dealkylation sites (N-methyl/N-ethyl adjacent to an activating group) is 1. The molecule has 0 N–H and O–H groups in total. The molecule has 0 aliphatic carbocycles. The van der Waals surface area contributed by atoms with E-state index >= 15 is 0 Å². The van der Waals surface area contributed by atoms with Gasteiger partial charge in [0.25, 0.3) is 5.91 Å². The number of nitrogens with zero attached hydrogens (tertiary/aromatic N) is 6. The molecule has 1 saturated heterocycles. The standard InChI is InChI=1S/C21H26N6O3/c1-25(11-12-26-9-3-2-4-10-26)21(28)20-13-19(30-24-20)14-29-18-7-5-17(6-8-18)27-16-22-15-23-27/h5-8,13,15-16H,2-4,9-12,14H2,1H3. The summed E-state index contributed by atoms with van der Waals surface area (Å²) in [5, 5.41) is 8.00. The van der Waals surface area contributed by atoms with Crippen LogP contribution in [-0.2, 0) is 6.61 Å². The SMILES string of the molecule is CN(CCN1CCCCC1)C(=O)c1cc(COc2ccc(-n3cncn3)cc2)on1. The Kier molecular flexibility index (Phi) is 6.38. The molecule has 3 aromatic rings. The van der Waals surface area contributed by atoms with Crippen LogP contribution >= 0.6 is 0 Å². The number of likely N-dealkylation sites (tertiary alicyclic amines) is 1. The number of carbonyl (C=O) groups is 1. The van der Waals surface area contributed by atoms with E-state index in [1.54, 1.807) is 29.0 Å². The molecular formula is C21H26N6O3. The Hall–Kier alpha value is -3.20. The molecule has 0 atom stereocenters. The van der Waals surface area contributed by atoms with Gasteiger partial charge in [-0.1, -0.05) is 11.6 Å². The van der Waals surface area contributed by atoms with Crippen LogP contribution in [0.3, 0.4) is 0 Å². The first-order valence-corrected chi connectivity index (χ1v) is 10.2. The Bertz CT molecular complexity index is 932. The van der Waals surface area contributed by atoms with E-state index in [1.807, 2.05) is 24.3 Å². The van der Waals surface area contributed by atoms with Gasteiger partial charge >= 0.3 is 0 Å². The van der Waals surface area contributed by atoms with Crippen LogP contribution in [0.25, 0.3) is 5.69 Å². The van der Waals surface area contributed by atoms with E-state index < -0.39 is 0 Å². The van der Waals surface area contributed by atoms with Crippen LogP contribution in [0.5, 0.6) is 5.75 Å². The summed E-state index contributed by atoms with van der Waals surface area (Å²) in [5.41, 5.74) is 1.19. The third-order valence-electron chi connectivity index (χ3n) is 5.23. The van der Waals surface area contributed by atoms with Gasteiger partial charge in [0.15, 0.2) is 11.5 Å². The Morgan fingerprint density at radius 2 is 2.00 bits per heavy atom. The molecule has 3 heterocycles. The average molecular weight is 410 g/mol. The van der Waals surface area contributed by atoms with Crippen molar-refractivity contribution in [1.29, 1.82) is 0 Å². The lowest BCUT2D eigenvalue weighted by Crippen LogP contribution is -2.38. The highest BCUT2D eigenvalue weighted by molar-refractivity contribution is 5.92. The minimum absolute atomic E-state index is 0.140. The van der Waals surface area contributed by atoms with Crippen LogP contribution in [0, 0.1) is 0 Å². The molecule has 1 amide bonds. The lowest BCUT2D eigenvalue weighted by atomic mass is 10.1. The maximum Gasteiger partial charge on any atom is 0.275 e. The van der Waals surface area contributed by atoms with E-state index in [0.717, 1.165) is 25.3 Å². The predicted octanol–water partition coefficient (Wildman–Crippen LogP) is 2.39. The molecule has 2 aromatic heterocycles. The smallest absolute Gasteiger partial charge is 0.275 e. The van der Waals surface area contributed by atoms with Crippen LogP contribution in [0.15, 0.2) is 47.5 Å². The van der Waals surface area contributed by atoms with Crippen LogP contribution in [0.2, 0.25) is 0 Å². The highest BCUT2D eigenvalue weighted by Gasteiger charge is 2.18. The normalized spacial score (nSPS) is 14.6. The van der Waals surface area contributed by atoms with Crippen molar-refractivity contribution in [3.8, 4) is 11.4 Å². The number of rotatable bonds is 8. The minimum Gasteiger partial charge on any atom is -0.486 e. The van der Waals surface area contributed by atoms with Gasteiger partial charge in [-0.25, -0.2) is 9.67 Å². The number of carbonyl (C=O) groups excluding carboxylic acids is 1. The summed E-state index contributed by atoms with van der Waals surface area (Å²) in [7, 11) is 1.80. The Balaban J connectivity index is 1.26. The summed E-state index contributed by atoms with van der Waals surface area (Å²) in [4.78, 5) is 20.6. The predicted molar refractivity (Wildman–Crippen MR) is 109 cm³/mol. The van der Waals surface area contributed by atoms with Gasteiger partial charge in [0.2, 0.25) is 0 Å². The number of hydrogen-bond donors (Lipinski definition) is 0. The van der Waals surface area contributed by atoms with Crippen LogP contribution < -0.4 is 4.74 Å². The van der Waals surface area contributed by atoms with Crippen molar-refractivity contribution in [1.82, 2.24) is 29.7 Å². The molecule has 1 aliphatic rings. The first-order valence-electron chi connectivity index (χ1n) is 10.2. The quantitative estimate of drug-likeness (QED) is 0.563. The van der Waals surface area contributed by atoms with Gasteiger partial charge in [-0.15, -0.1) is 0 Å². The van der Waals surface area contributed by atoms with Crippen molar-refractivity contribution < 1.29 is 14.1 Å².